The summed E-state index contributed by atoms with van der Waals surface area (Å²) in [5, 5.41) is 3.08. The monoisotopic (exact) mass is 300 g/mol. The van der Waals surface area contributed by atoms with Gasteiger partial charge in [0.1, 0.15) is 0 Å². The van der Waals surface area contributed by atoms with Crippen molar-refractivity contribution < 1.29 is 14.3 Å². The Hall–Kier alpha value is -0.650. The predicted molar refractivity (Wildman–Crippen MR) is 84.4 cm³/mol. The fraction of sp³-hybridized carbons (Fsp3) is 0.938. The van der Waals surface area contributed by atoms with Crippen LogP contribution in [0.3, 0.4) is 0 Å². The minimum Gasteiger partial charge on any atom is -0.377 e. The zero-order valence-corrected chi connectivity index (χ0v) is 14.2. The smallest absolute Gasteiger partial charge is 0.223 e. The van der Waals surface area contributed by atoms with E-state index in [1.807, 2.05) is 39.6 Å². The molecule has 124 valence electrons. The van der Waals surface area contributed by atoms with Gasteiger partial charge in [0.05, 0.1) is 31.0 Å². The van der Waals surface area contributed by atoms with Crippen molar-refractivity contribution in [1.29, 1.82) is 0 Å². The lowest BCUT2D eigenvalue weighted by atomic mass is 10.2. The van der Waals surface area contributed by atoms with Crippen molar-refractivity contribution in [2.24, 2.45) is 0 Å². The molecule has 21 heavy (non-hydrogen) atoms. The van der Waals surface area contributed by atoms with Crippen molar-refractivity contribution in [3.8, 4) is 0 Å². The molecule has 0 spiro atoms. The zero-order valence-electron chi connectivity index (χ0n) is 14.2. The summed E-state index contributed by atoms with van der Waals surface area (Å²) in [6.45, 7) is 10.3. The van der Waals surface area contributed by atoms with Crippen LogP contribution in [0.1, 0.15) is 47.0 Å². The summed E-state index contributed by atoms with van der Waals surface area (Å²) in [5.41, 5.74) is 0. The van der Waals surface area contributed by atoms with Gasteiger partial charge in [0.2, 0.25) is 5.91 Å². The summed E-state index contributed by atoms with van der Waals surface area (Å²) >= 11 is 0. The average Bonchev–Trinajstić information content (AvgIpc) is 2.78. The van der Waals surface area contributed by atoms with Crippen molar-refractivity contribution in [2.45, 2.75) is 71.3 Å². The molecule has 1 N–H and O–H groups in total. The van der Waals surface area contributed by atoms with Gasteiger partial charge in [0, 0.05) is 13.0 Å². The molecule has 1 heterocycles. The number of likely N-dealkylation sites (tertiary alicyclic amines) is 1. The third-order valence-electron chi connectivity index (χ3n) is 3.60. The van der Waals surface area contributed by atoms with Gasteiger partial charge >= 0.3 is 0 Å². The summed E-state index contributed by atoms with van der Waals surface area (Å²) < 4.78 is 11.6. The lowest BCUT2D eigenvalue weighted by molar-refractivity contribution is -0.134. The van der Waals surface area contributed by atoms with Crippen LogP contribution < -0.4 is 5.32 Å². The van der Waals surface area contributed by atoms with Crippen LogP contribution in [0.4, 0.5) is 0 Å². The lowest BCUT2D eigenvalue weighted by Gasteiger charge is -2.25. The Morgan fingerprint density at radius 2 is 2.00 bits per heavy atom. The summed E-state index contributed by atoms with van der Waals surface area (Å²) in [4.78, 5) is 14.4. The molecule has 0 radical (unpaired) electrons. The molecule has 1 rings (SSSR count). The first-order valence-electron chi connectivity index (χ1n) is 8.15. The van der Waals surface area contributed by atoms with Gasteiger partial charge < -0.3 is 19.7 Å². The van der Waals surface area contributed by atoms with Gasteiger partial charge in [0.15, 0.2) is 0 Å². The van der Waals surface area contributed by atoms with Crippen LogP contribution in [-0.4, -0.2) is 61.9 Å². The number of hydrogen-bond donors (Lipinski definition) is 1. The molecule has 5 heteroatoms. The third kappa shape index (κ3) is 6.76. The number of hydrogen-bond acceptors (Lipinski definition) is 4. The predicted octanol–water partition coefficient (Wildman–Crippen LogP) is 1.81. The van der Waals surface area contributed by atoms with Gasteiger partial charge in [-0.05, 0) is 54.1 Å². The first kappa shape index (κ1) is 18.4. The molecular weight excluding hydrogens is 268 g/mol. The van der Waals surface area contributed by atoms with Crippen molar-refractivity contribution >= 4 is 5.91 Å². The highest BCUT2D eigenvalue weighted by Gasteiger charge is 2.36. The van der Waals surface area contributed by atoms with E-state index in [2.05, 4.69) is 5.32 Å². The van der Waals surface area contributed by atoms with Crippen LogP contribution in [0.5, 0.6) is 0 Å². The van der Waals surface area contributed by atoms with Gasteiger partial charge in [-0.15, -0.1) is 0 Å². The lowest BCUT2D eigenvalue weighted by Crippen LogP contribution is -2.39. The van der Waals surface area contributed by atoms with Crippen molar-refractivity contribution in [3.05, 3.63) is 0 Å². The van der Waals surface area contributed by atoms with Crippen LogP contribution in [0.15, 0.2) is 0 Å². The van der Waals surface area contributed by atoms with Gasteiger partial charge in [-0.2, -0.15) is 0 Å². The van der Waals surface area contributed by atoms with Gasteiger partial charge in [-0.3, -0.25) is 4.79 Å². The molecular formula is C16H32N2O3. The topological polar surface area (TPSA) is 50.8 Å². The fourth-order valence-electron chi connectivity index (χ4n) is 2.68. The van der Waals surface area contributed by atoms with E-state index in [0.717, 1.165) is 19.4 Å². The Morgan fingerprint density at radius 3 is 2.57 bits per heavy atom. The molecule has 1 amide bonds. The first-order chi connectivity index (χ1) is 9.93. The van der Waals surface area contributed by atoms with Crippen LogP contribution in [0.25, 0.3) is 0 Å². The number of carbonyl (C=O) groups excluding carboxylic acids is 1. The Labute approximate surface area is 129 Å². The molecule has 0 bridgehead atoms. The Morgan fingerprint density at radius 1 is 1.29 bits per heavy atom. The average molecular weight is 300 g/mol. The minimum absolute atomic E-state index is 0.138. The molecule has 1 fully saturated rings. The van der Waals surface area contributed by atoms with E-state index in [1.54, 1.807) is 0 Å². The van der Waals surface area contributed by atoms with E-state index in [4.69, 9.17) is 9.47 Å². The Bertz CT molecular complexity index is 308. The second-order valence-electron chi connectivity index (χ2n) is 6.33. The number of nitrogens with zero attached hydrogens (tertiary/aromatic N) is 1. The molecule has 0 aliphatic carbocycles. The Kier molecular flexibility index (Phi) is 8.22. The molecule has 0 aromatic carbocycles. The molecule has 0 saturated carbocycles. The highest BCUT2D eigenvalue weighted by molar-refractivity contribution is 5.77. The zero-order chi connectivity index (χ0) is 15.8. The highest BCUT2D eigenvalue weighted by atomic mass is 16.5. The van der Waals surface area contributed by atoms with E-state index in [0.29, 0.717) is 19.6 Å². The van der Waals surface area contributed by atoms with Crippen LogP contribution >= 0.6 is 0 Å². The Balaban J connectivity index is 2.55. The highest BCUT2D eigenvalue weighted by Crippen LogP contribution is 2.23. The van der Waals surface area contributed by atoms with Crippen molar-refractivity contribution in [1.82, 2.24) is 10.2 Å². The van der Waals surface area contributed by atoms with E-state index in [9.17, 15) is 4.79 Å². The number of ether oxygens (including phenoxy) is 2. The summed E-state index contributed by atoms with van der Waals surface area (Å²) in [6.07, 6.45) is 2.87. The second kappa shape index (κ2) is 9.38. The number of amides is 1. The fourth-order valence-corrected chi connectivity index (χ4v) is 2.68. The molecule has 1 aliphatic rings. The van der Waals surface area contributed by atoms with Crippen molar-refractivity contribution in [3.63, 3.8) is 0 Å². The number of carbonyl (C=O) groups is 1. The van der Waals surface area contributed by atoms with E-state index in [1.165, 1.54) is 0 Å². The summed E-state index contributed by atoms with van der Waals surface area (Å²) in [5.74, 6) is 0.220. The van der Waals surface area contributed by atoms with E-state index < -0.39 is 0 Å². The standard InChI is InChI=1S/C16H32N2O3/c1-12(2)20-11-14-9-15(21-13(3)4)10-18(14)16(19)7-6-8-17-5/h12-15,17H,6-11H2,1-5H3/t14-,15+/m0/s1. The van der Waals surface area contributed by atoms with Crippen LogP contribution in [-0.2, 0) is 14.3 Å². The van der Waals surface area contributed by atoms with E-state index >= 15 is 0 Å². The molecule has 1 saturated heterocycles. The number of nitrogens with one attached hydrogen (secondary N) is 1. The summed E-state index contributed by atoms with van der Waals surface area (Å²) in [7, 11) is 1.91. The van der Waals surface area contributed by atoms with Gasteiger partial charge in [-0.25, -0.2) is 0 Å². The molecule has 1 aliphatic heterocycles. The normalized spacial score (nSPS) is 22.5. The molecule has 2 atom stereocenters. The largest absolute Gasteiger partial charge is 0.377 e. The molecule has 0 aromatic rings. The molecule has 0 unspecified atom stereocenters. The van der Waals surface area contributed by atoms with Crippen molar-refractivity contribution in [2.75, 3.05) is 26.7 Å². The second-order valence-corrected chi connectivity index (χ2v) is 6.33. The maximum absolute atomic E-state index is 12.4. The van der Waals surface area contributed by atoms with Gasteiger partial charge in [-0.1, -0.05) is 0 Å². The van der Waals surface area contributed by atoms with Crippen LogP contribution in [0, 0.1) is 0 Å². The van der Waals surface area contributed by atoms with Crippen LogP contribution in [0.2, 0.25) is 0 Å². The third-order valence-corrected chi connectivity index (χ3v) is 3.60. The summed E-state index contributed by atoms with van der Waals surface area (Å²) in [6, 6.07) is 0.151. The maximum atomic E-state index is 12.4. The van der Waals surface area contributed by atoms with E-state index in [-0.39, 0.29) is 30.3 Å². The minimum atomic E-state index is 0.138. The maximum Gasteiger partial charge on any atom is 0.223 e. The van der Waals surface area contributed by atoms with Gasteiger partial charge in [0.25, 0.3) is 0 Å². The first-order valence-corrected chi connectivity index (χ1v) is 8.15. The SMILES string of the molecule is CNCCCC(=O)N1C[C@H](OC(C)C)C[C@H]1COC(C)C. The molecule has 0 aromatic heterocycles. The molecule has 5 nitrogen and oxygen atoms in total. The number of rotatable bonds is 9. The quantitative estimate of drug-likeness (QED) is 0.660.